The number of nitrogens with one attached hydrogen (secondary N) is 2. The largest absolute Gasteiger partial charge is 0.323 e. The van der Waals surface area contributed by atoms with Crippen molar-refractivity contribution in [2.45, 2.75) is 23.0 Å². The number of aromatic nitrogens is 1. The molecular formula is C10H16N4O2S2. The van der Waals surface area contributed by atoms with Gasteiger partial charge in [-0.25, -0.2) is 13.1 Å². The van der Waals surface area contributed by atoms with E-state index in [1.54, 1.807) is 11.8 Å². The number of nitrogens with zero attached hydrogens (tertiary/aromatic N) is 1. The molecule has 6 nitrogen and oxygen atoms in total. The van der Waals surface area contributed by atoms with Gasteiger partial charge < -0.3 is 5.43 Å². The van der Waals surface area contributed by atoms with Crippen LogP contribution in [0.4, 0.5) is 5.69 Å². The highest BCUT2D eigenvalue weighted by atomic mass is 32.2. The van der Waals surface area contributed by atoms with Gasteiger partial charge in [0.05, 0.1) is 5.69 Å². The van der Waals surface area contributed by atoms with Crippen LogP contribution in [0.1, 0.15) is 12.8 Å². The van der Waals surface area contributed by atoms with Gasteiger partial charge in [-0.05, 0) is 24.7 Å². The van der Waals surface area contributed by atoms with E-state index >= 15 is 0 Å². The predicted octanol–water partition coefficient (Wildman–Crippen LogP) is 0.541. The fraction of sp³-hybridized carbons (Fsp3) is 0.500. The fourth-order valence-corrected chi connectivity index (χ4v) is 4.30. The molecule has 0 amide bonds. The molecule has 18 heavy (non-hydrogen) atoms. The van der Waals surface area contributed by atoms with Gasteiger partial charge in [0.15, 0.2) is 0 Å². The molecule has 2 heterocycles. The summed E-state index contributed by atoms with van der Waals surface area (Å²) in [6.07, 6.45) is 4.99. The Labute approximate surface area is 111 Å². The third kappa shape index (κ3) is 3.14. The van der Waals surface area contributed by atoms with Crippen molar-refractivity contribution in [3.63, 3.8) is 0 Å². The molecule has 1 fully saturated rings. The SMILES string of the molecule is NNc1ccncc1S(=O)(=O)NCC1CCCS1. The number of nitrogen functional groups attached to an aromatic ring is 1. The van der Waals surface area contributed by atoms with E-state index in [4.69, 9.17) is 5.84 Å². The van der Waals surface area contributed by atoms with Crippen molar-refractivity contribution < 1.29 is 8.42 Å². The van der Waals surface area contributed by atoms with Crippen LogP contribution >= 0.6 is 11.8 Å². The van der Waals surface area contributed by atoms with Gasteiger partial charge in [0.25, 0.3) is 0 Å². The summed E-state index contributed by atoms with van der Waals surface area (Å²) < 4.78 is 26.8. The summed E-state index contributed by atoms with van der Waals surface area (Å²) in [4.78, 5) is 3.90. The molecule has 100 valence electrons. The van der Waals surface area contributed by atoms with Crippen molar-refractivity contribution >= 4 is 27.5 Å². The van der Waals surface area contributed by atoms with Crippen LogP contribution in [0.15, 0.2) is 23.4 Å². The minimum absolute atomic E-state index is 0.0792. The topological polar surface area (TPSA) is 97.1 Å². The van der Waals surface area contributed by atoms with Gasteiger partial charge in [-0.3, -0.25) is 10.8 Å². The normalized spacial score (nSPS) is 19.9. The quantitative estimate of drug-likeness (QED) is 0.540. The molecule has 0 aliphatic carbocycles. The zero-order valence-electron chi connectivity index (χ0n) is 9.80. The number of nitrogens with two attached hydrogens (primary N) is 1. The lowest BCUT2D eigenvalue weighted by Gasteiger charge is -2.12. The molecule has 0 radical (unpaired) electrons. The Kier molecular flexibility index (Phi) is 4.44. The van der Waals surface area contributed by atoms with Gasteiger partial charge in [0.1, 0.15) is 4.90 Å². The molecule has 0 spiro atoms. The van der Waals surface area contributed by atoms with E-state index in [-0.39, 0.29) is 4.90 Å². The van der Waals surface area contributed by atoms with E-state index in [1.165, 1.54) is 18.5 Å². The Bertz CT molecular complexity index is 500. The first kappa shape index (κ1) is 13.6. The first-order chi connectivity index (χ1) is 8.63. The highest BCUT2D eigenvalue weighted by molar-refractivity contribution is 8.00. The lowest BCUT2D eigenvalue weighted by Crippen LogP contribution is -2.30. The second-order valence-corrected chi connectivity index (χ2v) is 7.15. The average Bonchev–Trinajstić information content (AvgIpc) is 2.89. The summed E-state index contributed by atoms with van der Waals surface area (Å²) in [6.45, 7) is 0.450. The number of anilines is 1. The van der Waals surface area contributed by atoms with Crippen LogP contribution in [-0.2, 0) is 10.0 Å². The zero-order chi connectivity index (χ0) is 13.0. The summed E-state index contributed by atoms with van der Waals surface area (Å²) in [6, 6.07) is 1.53. The van der Waals surface area contributed by atoms with Crippen molar-refractivity contribution in [3.8, 4) is 0 Å². The molecule has 1 atom stereocenters. The predicted molar refractivity (Wildman–Crippen MR) is 72.7 cm³/mol. The number of sulfonamides is 1. The molecule has 1 unspecified atom stereocenters. The van der Waals surface area contributed by atoms with Gasteiger partial charge >= 0.3 is 0 Å². The lowest BCUT2D eigenvalue weighted by molar-refractivity contribution is 0.579. The Morgan fingerprint density at radius 2 is 2.39 bits per heavy atom. The van der Waals surface area contributed by atoms with Crippen molar-refractivity contribution in [1.29, 1.82) is 0 Å². The monoisotopic (exact) mass is 288 g/mol. The molecule has 1 aliphatic heterocycles. The van der Waals surface area contributed by atoms with Crippen LogP contribution in [0, 0.1) is 0 Å². The van der Waals surface area contributed by atoms with Crippen LogP contribution in [0.2, 0.25) is 0 Å². The first-order valence-electron chi connectivity index (χ1n) is 5.65. The lowest BCUT2D eigenvalue weighted by atomic mass is 10.2. The van der Waals surface area contributed by atoms with Crippen LogP contribution in [0.5, 0.6) is 0 Å². The standard InChI is InChI=1S/C10H16N4O2S2/c11-14-9-3-4-12-7-10(9)18(15,16)13-6-8-2-1-5-17-8/h3-4,7-8,13H,1-2,5-6,11H2,(H,12,14). The highest BCUT2D eigenvalue weighted by Gasteiger charge is 2.22. The number of pyridine rings is 1. The van der Waals surface area contributed by atoms with Gasteiger partial charge in [0.2, 0.25) is 10.0 Å². The molecule has 1 aromatic rings. The van der Waals surface area contributed by atoms with Crippen molar-refractivity contribution in [1.82, 2.24) is 9.71 Å². The average molecular weight is 288 g/mol. The molecule has 4 N–H and O–H groups in total. The molecule has 1 aliphatic rings. The maximum absolute atomic E-state index is 12.1. The summed E-state index contributed by atoms with van der Waals surface area (Å²) in [5, 5.41) is 0.366. The van der Waals surface area contributed by atoms with E-state index in [0.717, 1.165) is 18.6 Å². The molecule has 0 bridgehead atoms. The minimum atomic E-state index is -3.56. The Morgan fingerprint density at radius 3 is 3.06 bits per heavy atom. The number of thioether (sulfide) groups is 1. The Hall–Kier alpha value is -0.830. The van der Waals surface area contributed by atoms with E-state index < -0.39 is 10.0 Å². The minimum Gasteiger partial charge on any atom is -0.323 e. The van der Waals surface area contributed by atoms with E-state index in [2.05, 4.69) is 15.1 Å². The van der Waals surface area contributed by atoms with Crippen LogP contribution in [0.3, 0.4) is 0 Å². The van der Waals surface area contributed by atoms with Gasteiger partial charge in [-0.1, -0.05) is 0 Å². The summed E-state index contributed by atoms with van der Waals surface area (Å²) in [7, 11) is -3.56. The van der Waals surface area contributed by atoms with E-state index in [1.807, 2.05) is 0 Å². The maximum Gasteiger partial charge on any atom is 0.244 e. The molecule has 1 aromatic heterocycles. The Balaban J connectivity index is 2.09. The smallest absolute Gasteiger partial charge is 0.244 e. The van der Waals surface area contributed by atoms with Gasteiger partial charge in [-0.15, -0.1) is 0 Å². The molecular weight excluding hydrogens is 272 g/mol. The third-order valence-electron chi connectivity index (χ3n) is 2.75. The number of hydrogen-bond donors (Lipinski definition) is 3. The molecule has 0 saturated carbocycles. The van der Waals surface area contributed by atoms with Crippen molar-refractivity contribution in [3.05, 3.63) is 18.5 Å². The van der Waals surface area contributed by atoms with E-state index in [9.17, 15) is 8.42 Å². The van der Waals surface area contributed by atoms with Crippen molar-refractivity contribution in [2.75, 3.05) is 17.7 Å². The third-order valence-corrected chi connectivity index (χ3v) is 5.60. The molecule has 8 heteroatoms. The zero-order valence-corrected chi connectivity index (χ0v) is 11.4. The number of hydrogen-bond acceptors (Lipinski definition) is 6. The van der Waals surface area contributed by atoms with Crippen LogP contribution < -0.4 is 16.0 Å². The highest BCUT2D eigenvalue weighted by Crippen LogP contribution is 2.26. The van der Waals surface area contributed by atoms with Crippen LogP contribution in [0.25, 0.3) is 0 Å². The molecule has 2 rings (SSSR count). The molecule has 0 aromatic carbocycles. The number of hydrazine groups is 1. The van der Waals surface area contributed by atoms with Crippen LogP contribution in [-0.4, -0.2) is 30.9 Å². The summed E-state index contributed by atoms with van der Waals surface area (Å²) >= 11 is 1.81. The Morgan fingerprint density at radius 1 is 1.56 bits per heavy atom. The van der Waals surface area contributed by atoms with Gasteiger partial charge in [-0.2, -0.15) is 11.8 Å². The number of rotatable bonds is 5. The van der Waals surface area contributed by atoms with E-state index in [0.29, 0.717) is 17.5 Å². The summed E-state index contributed by atoms with van der Waals surface area (Å²) in [5.74, 6) is 6.40. The maximum atomic E-state index is 12.1. The fourth-order valence-electron chi connectivity index (χ4n) is 1.80. The second-order valence-electron chi connectivity index (χ2n) is 4.00. The van der Waals surface area contributed by atoms with Gasteiger partial charge in [0, 0.05) is 24.2 Å². The second kappa shape index (κ2) is 5.87. The molecule has 1 saturated heterocycles. The van der Waals surface area contributed by atoms with Crippen molar-refractivity contribution in [2.24, 2.45) is 5.84 Å². The first-order valence-corrected chi connectivity index (χ1v) is 8.18. The summed E-state index contributed by atoms with van der Waals surface area (Å²) in [5.41, 5.74) is 2.71.